The fraction of sp³-hybridized carbons (Fsp3) is 0.417. The second-order valence-electron chi connectivity index (χ2n) is 4.18. The van der Waals surface area contributed by atoms with Crippen LogP contribution in [0, 0.1) is 5.82 Å². The van der Waals surface area contributed by atoms with Crippen LogP contribution in [0.2, 0.25) is 0 Å². The molecule has 1 aromatic carbocycles. The van der Waals surface area contributed by atoms with Crippen molar-refractivity contribution in [1.29, 1.82) is 0 Å². The van der Waals surface area contributed by atoms with Crippen molar-refractivity contribution in [2.24, 2.45) is 0 Å². The van der Waals surface area contributed by atoms with Gasteiger partial charge in [0.05, 0.1) is 17.0 Å². The molecule has 17 heavy (non-hydrogen) atoms. The minimum Gasteiger partial charge on any atom is -0.495 e. The van der Waals surface area contributed by atoms with Crippen LogP contribution < -0.4 is 4.74 Å². The number of benzene rings is 1. The number of hydrogen-bond donors (Lipinski definition) is 1. The van der Waals surface area contributed by atoms with Crippen LogP contribution in [-0.2, 0) is 10.2 Å². The second-order valence-corrected chi connectivity index (χ2v) is 4.98. The number of aliphatic carboxylic acids is 1. The number of carboxylic acid groups (broad SMARTS) is 1. The molecule has 1 aliphatic carbocycles. The molecule has 0 atom stereocenters. The quantitative estimate of drug-likeness (QED) is 0.933. The number of carboxylic acids is 1. The van der Waals surface area contributed by atoms with E-state index in [-0.39, 0.29) is 10.0 Å². The number of carbonyl (C=O) groups is 1. The Morgan fingerprint density at radius 1 is 1.53 bits per heavy atom. The maximum atomic E-state index is 14.1. The predicted molar refractivity (Wildman–Crippen MR) is 63.8 cm³/mol. The van der Waals surface area contributed by atoms with Gasteiger partial charge < -0.3 is 9.84 Å². The van der Waals surface area contributed by atoms with Crippen LogP contribution in [0.15, 0.2) is 16.6 Å². The average Bonchev–Trinajstić information content (AvgIpc) is 2.22. The lowest BCUT2D eigenvalue weighted by Gasteiger charge is -2.38. The summed E-state index contributed by atoms with van der Waals surface area (Å²) in [5.74, 6) is -1.13. The Kier molecular flexibility index (Phi) is 3.12. The highest BCUT2D eigenvalue weighted by Gasteiger charge is 2.48. The van der Waals surface area contributed by atoms with E-state index >= 15 is 0 Å². The smallest absolute Gasteiger partial charge is 0.314 e. The summed E-state index contributed by atoms with van der Waals surface area (Å²) in [6, 6.07) is 3.09. The lowest BCUT2D eigenvalue weighted by molar-refractivity contribution is -0.147. The minimum atomic E-state index is -1.06. The van der Waals surface area contributed by atoms with E-state index in [1.807, 2.05) is 0 Å². The van der Waals surface area contributed by atoms with Crippen molar-refractivity contribution in [2.45, 2.75) is 24.7 Å². The van der Waals surface area contributed by atoms with Gasteiger partial charge in [0.2, 0.25) is 0 Å². The molecule has 0 spiro atoms. The van der Waals surface area contributed by atoms with Crippen LogP contribution in [0.1, 0.15) is 24.8 Å². The summed E-state index contributed by atoms with van der Waals surface area (Å²) in [6.45, 7) is 0. The van der Waals surface area contributed by atoms with E-state index in [4.69, 9.17) is 4.74 Å². The van der Waals surface area contributed by atoms with Gasteiger partial charge in [-0.2, -0.15) is 0 Å². The zero-order valence-electron chi connectivity index (χ0n) is 9.30. The topological polar surface area (TPSA) is 46.5 Å². The first kappa shape index (κ1) is 12.4. The molecule has 1 aliphatic rings. The molecule has 0 aromatic heterocycles. The Balaban J connectivity index is 2.53. The zero-order chi connectivity index (χ0) is 12.6. The molecular weight excluding hydrogens is 291 g/mol. The molecule has 0 radical (unpaired) electrons. The molecule has 0 amide bonds. The Labute approximate surface area is 107 Å². The van der Waals surface area contributed by atoms with Gasteiger partial charge in [-0.3, -0.25) is 4.79 Å². The maximum Gasteiger partial charge on any atom is 0.314 e. The summed E-state index contributed by atoms with van der Waals surface area (Å²) in [5, 5.41) is 9.27. The van der Waals surface area contributed by atoms with Crippen LogP contribution in [0.25, 0.3) is 0 Å². The standard InChI is InChI=1S/C12H12BrFO3/c1-17-8-4-3-7(10(14)9(8)13)12(11(15)16)5-2-6-12/h3-4H,2,5-6H2,1H3,(H,15,16). The Bertz CT molecular complexity index is 469. The van der Waals surface area contributed by atoms with Crippen LogP contribution >= 0.6 is 15.9 Å². The van der Waals surface area contributed by atoms with Gasteiger partial charge in [0.15, 0.2) is 0 Å². The van der Waals surface area contributed by atoms with Gasteiger partial charge in [0.25, 0.3) is 0 Å². The molecule has 0 heterocycles. The largest absolute Gasteiger partial charge is 0.495 e. The third-order valence-corrected chi connectivity index (χ3v) is 4.14. The van der Waals surface area contributed by atoms with Gasteiger partial charge in [-0.25, -0.2) is 4.39 Å². The normalized spacial score (nSPS) is 17.4. The van der Waals surface area contributed by atoms with Crippen molar-refractivity contribution in [1.82, 2.24) is 0 Å². The molecular formula is C12H12BrFO3. The molecule has 92 valence electrons. The third kappa shape index (κ3) is 1.73. The Morgan fingerprint density at radius 2 is 2.18 bits per heavy atom. The van der Waals surface area contributed by atoms with E-state index in [0.717, 1.165) is 6.42 Å². The van der Waals surface area contributed by atoms with Gasteiger partial charge in [-0.15, -0.1) is 0 Å². The van der Waals surface area contributed by atoms with Gasteiger partial charge >= 0.3 is 5.97 Å². The highest BCUT2D eigenvalue weighted by molar-refractivity contribution is 9.10. The molecule has 2 rings (SSSR count). The molecule has 0 saturated heterocycles. The van der Waals surface area contributed by atoms with E-state index in [2.05, 4.69) is 15.9 Å². The SMILES string of the molecule is COc1ccc(C2(C(=O)O)CCC2)c(F)c1Br. The van der Waals surface area contributed by atoms with Crippen LogP contribution in [0.5, 0.6) is 5.75 Å². The lowest BCUT2D eigenvalue weighted by Crippen LogP contribution is -2.43. The summed E-state index contributed by atoms with van der Waals surface area (Å²) in [7, 11) is 1.44. The van der Waals surface area contributed by atoms with Crippen LogP contribution in [0.3, 0.4) is 0 Å². The highest BCUT2D eigenvalue weighted by atomic mass is 79.9. The maximum absolute atomic E-state index is 14.1. The van der Waals surface area contributed by atoms with E-state index in [0.29, 0.717) is 18.6 Å². The number of hydrogen-bond acceptors (Lipinski definition) is 2. The minimum absolute atomic E-state index is 0.185. The van der Waals surface area contributed by atoms with Gasteiger partial charge in [0.1, 0.15) is 11.6 Å². The van der Waals surface area contributed by atoms with Crippen LogP contribution in [0.4, 0.5) is 4.39 Å². The fourth-order valence-electron chi connectivity index (χ4n) is 2.19. The summed E-state index contributed by atoms with van der Waals surface area (Å²) in [5.41, 5.74) is -0.817. The summed E-state index contributed by atoms with van der Waals surface area (Å²) < 4.78 is 19.3. The fourth-order valence-corrected chi connectivity index (χ4v) is 2.70. The molecule has 0 unspecified atom stereocenters. The monoisotopic (exact) mass is 302 g/mol. The van der Waals surface area contributed by atoms with Crippen molar-refractivity contribution in [3.05, 3.63) is 28.0 Å². The van der Waals surface area contributed by atoms with Gasteiger partial charge in [-0.05, 0) is 34.8 Å². The number of ether oxygens (including phenoxy) is 1. The molecule has 0 aliphatic heterocycles. The first-order chi connectivity index (χ1) is 8.03. The van der Waals surface area contributed by atoms with Gasteiger partial charge in [0, 0.05) is 5.56 Å². The van der Waals surface area contributed by atoms with E-state index in [9.17, 15) is 14.3 Å². The first-order valence-electron chi connectivity index (χ1n) is 5.29. The van der Waals surface area contributed by atoms with Crippen molar-refractivity contribution in [3.63, 3.8) is 0 Å². The lowest BCUT2D eigenvalue weighted by atomic mass is 9.64. The molecule has 1 aromatic rings. The highest BCUT2D eigenvalue weighted by Crippen LogP contribution is 2.47. The second kappa shape index (κ2) is 4.29. The molecule has 1 N–H and O–H groups in total. The van der Waals surface area contributed by atoms with Crippen molar-refractivity contribution < 1.29 is 19.0 Å². The first-order valence-corrected chi connectivity index (χ1v) is 6.08. The molecule has 1 fully saturated rings. The summed E-state index contributed by atoms with van der Waals surface area (Å²) in [6.07, 6.45) is 1.78. The Morgan fingerprint density at radius 3 is 2.59 bits per heavy atom. The van der Waals surface area contributed by atoms with E-state index in [1.54, 1.807) is 6.07 Å². The molecule has 3 nitrogen and oxygen atoms in total. The van der Waals surface area contributed by atoms with Crippen LogP contribution in [-0.4, -0.2) is 18.2 Å². The number of methoxy groups -OCH3 is 1. The number of rotatable bonds is 3. The third-order valence-electron chi connectivity index (χ3n) is 3.40. The number of halogens is 2. The predicted octanol–water partition coefficient (Wildman–Crippen LogP) is 3.10. The van der Waals surface area contributed by atoms with Crippen molar-refractivity contribution >= 4 is 21.9 Å². The van der Waals surface area contributed by atoms with E-state index < -0.39 is 17.2 Å². The molecule has 0 bridgehead atoms. The Hall–Kier alpha value is -1.10. The zero-order valence-corrected chi connectivity index (χ0v) is 10.9. The summed E-state index contributed by atoms with van der Waals surface area (Å²) in [4.78, 5) is 11.3. The van der Waals surface area contributed by atoms with Gasteiger partial charge in [-0.1, -0.05) is 12.5 Å². The summed E-state index contributed by atoms with van der Waals surface area (Å²) >= 11 is 3.09. The molecule has 1 saturated carbocycles. The molecule has 5 heteroatoms. The van der Waals surface area contributed by atoms with E-state index in [1.165, 1.54) is 13.2 Å². The van der Waals surface area contributed by atoms with Crippen molar-refractivity contribution in [2.75, 3.05) is 7.11 Å². The average molecular weight is 303 g/mol. The van der Waals surface area contributed by atoms with Crippen molar-refractivity contribution in [3.8, 4) is 5.75 Å².